The van der Waals surface area contributed by atoms with Crippen molar-refractivity contribution in [3.05, 3.63) is 266 Å². The lowest BCUT2D eigenvalue weighted by Gasteiger charge is -2.55. The lowest BCUT2D eigenvalue weighted by Crippen LogP contribution is -2.49. The van der Waals surface area contributed by atoms with Crippen molar-refractivity contribution in [2.75, 3.05) is 19.6 Å². The summed E-state index contributed by atoms with van der Waals surface area (Å²) in [6.45, 7) is 31.2. The Bertz CT molecular complexity index is 4910. The van der Waals surface area contributed by atoms with E-state index in [2.05, 4.69) is 304 Å². The Morgan fingerprint density at radius 1 is 0.315 bits per heavy atom. The molecule has 2 aliphatic carbocycles. The minimum Gasteiger partial charge on any atom is -0.455 e. The van der Waals surface area contributed by atoms with Crippen LogP contribution in [-0.2, 0) is 21.7 Å². The van der Waals surface area contributed by atoms with Gasteiger partial charge in [0.05, 0.1) is 44.7 Å². The van der Waals surface area contributed by atoms with Crippen molar-refractivity contribution >= 4 is 92.1 Å². The molecule has 18 rings (SSSR count). The molecule has 0 bridgehead atoms. The highest BCUT2D eigenvalue weighted by atomic mass is 31.1. The molecule has 0 spiro atoms. The van der Waals surface area contributed by atoms with E-state index in [0.717, 1.165) is 45.6 Å². The van der Waals surface area contributed by atoms with Gasteiger partial charge in [-0.2, -0.15) is 0 Å². The predicted octanol–water partition coefficient (Wildman–Crippen LogP) is 21.5. The highest BCUT2D eigenvalue weighted by Gasteiger charge is 2.60. The molecule has 0 N–H and O–H groups in total. The fourth-order valence-corrected chi connectivity index (χ4v) is 20.4. The van der Waals surface area contributed by atoms with Crippen LogP contribution in [0.2, 0.25) is 0 Å². The average molecular weight is 1170 g/mol. The van der Waals surface area contributed by atoms with Gasteiger partial charge in [0.15, 0.2) is 0 Å². The van der Waals surface area contributed by atoms with Crippen LogP contribution < -0.4 is 40.3 Å². The second kappa shape index (κ2) is 17.6. The maximum absolute atomic E-state index is 8.58. The van der Waals surface area contributed by atoms with Gasteiger partial charge in [-0.05, 0) is 193 Å². The van der Waals surface area contributed by atoms with Gasteiger partial charge in [0, 0.05) is 80.1 Å². The second-order valence-corrected chi connectivity index (χ2v) is 30.6. The highest BCUT2D eigenvalue weighted by Crippen LogP contribution is 2.74. The largest absolute Gasteiger partial charge is 0.455 e. The molecule has 5 nitrogen and oxygen atoms in total. The molecule has 0 radical (unpaired) electrons. The van der Waals surface area contributed by atoms with Crippen LogP contribution in [0.25, 0.3) is 22.3 Å². The molecule has 0 fully saturated rings. The summed E-state index contributed by atoms with van der Waals surface area (Å²) < 4.78 is 8.58. The van der Waals surface area contributed by atoms with E-state index < -0.39 is 29.6 Å². The standard InChI is InChI=1S/C83H71N4OP/c1-46-24-30-53(31-25-46)85(54-32-26-47(2)27-33-54)56-35-37-58-60(45-56)81(8,9)72-68(58)70-74-79-76(72)88-75-71-67(57-36-34-55(44-59(57)80(71,6)7)84(51-20-16-14-17-21-51)52-22-18-15-19-23-52)69-73-78(75)89(79)77-65(86(73)63-38-28-48(3)40-61(63)82(69,10)11)42-50(5)43-66(77)87(74)64-39-29-49(4)41-62(64)83(70,12)13/h14-45H,1-13H3. The van der Waals surface area contributed by atoms with Crippen LogP contribution in [0.4, 0.5) is 68.2 Å². The van der Waals surface area contributed by atoms with E-state index in [1.807, 2.05) is 0 Å². The van der Waals surface area contributed by atoms with Gasteiger partial charge in [0.25, 0.3) is 0 Å². The van der Waals surface area contributed by atoms with Crippen molar-refractivity contribution in [3.8, 4) is 33.8 Å². The number of benzene rings is 11. The van der Waals surface area contributed by atoms with E-state index in [0.29, 0.717) is 0 Å². The number of fused-ring (bicyclic) bond motifs is 16. The third-order valence-corrected chi connectivity index (χ3v) is 24.1. The van der Waals surface area contributed by atoms with E-state index in [4.69, 9.17) is 4.74 Å². The van der Waals surface area contributed by atoms with E-state index in [1.165, 1.54) is 145 Å². The maximum Gasteiger partial charge on any atom is 0.142 e. The zero-order chi connectivity index (χ0) is 60.9. The number of hydrogen-bond donors (Lipinski definition) is 0. The summed E-state index contributed by atoms with van der Waals surface area (Å²) in [5, 5.41) is 4.16. The first-order chi connectivity index (χ1) is 42.7. The van der Waals surface area contributed by atoms with Gasteiger partial charge in [0.1, 0.15) is 11.5 Å². The fourth-order valence-electron chi connectivity index (χ4n) is 17.4. The maximum atomic E-state index is 8.58. The molecule has 5 aliphatic heterocycles. The highest BCUT2D eigenvalue weighted by molar-refractivity contribution is 7.82. The summed E-state index contributed by atoms with van der Waals surface area (Å²) in [6, 6.07) is 74.1. The Kier molecular flexibility index (Phi) is 10.5. The molecule has 0 saturated carbocycles. The molecule has 11 aromatic carbocycles. The van der Waals surface area contributed by atoms with Crippen LogP contribution in [0.15, 0.2) is 194 Å². The number of aryl methyl sites for hydroxylation is 5. The van der Waals surface area contributed by atoms with Crippen molar-refractivity contribution in [2.24, 2.45) is 0 Å². The van der Waals surface area contributed by atoms with Crippen molar-refractivity contribution in [3.63, 3.8) is 0 Å². The Labute approximate surface area is 525 Å². The van der Waals surface area contributed by atoms with E-state index in [9.17, 15) is 0 Å². The SMILES string of the molecule is Cc1ccc(N(c2ccc(C)cc2)c2ccc3c(c2)C(C)(C)c2c4c5c6c(c2-3)C(C)(C)c2cc(C)ccc2N6c2cc(C)cc3c2P5c2c(c5c(c6c2N3c2ccc(C)cc2C6(C)C)-c2ccc(N(c3ccccc3)c3ccccc3)cc2C5(C)C)O4)cc1. The number of rotatable bonds is 6. The first-order valence-electron chi connectivity index (χ1n) is 31.8. The summed E-state index contributed by atoms with van der Waals surface area (Å²) in [4.78, 5) is 10.3. The van der Waals surface area contributed by atoms with Gasteiger partial charge < -0.3 is 24.3 Å². The number of hydrogen-bond acceptors (Lipinski definition) is 5. The Hall–Kier alpha value is -9.15. The Morgan fingerprint density at radius 2 is 0.674 bits per heavy atom. The van der Waals surface area contributed by atoms with Crippen molar-refractivity contribution in [2.45, 2.75) is 112 Å². The lowest BCUT2D eigenvalue weighted by molar-refractivity contribution is 0.454. The number of nitrogens with zero attached hydrogens (tertiary/aromatic N) is 4. The second-order valence-electron chi connectivity index (χ2n) is 28.6. The van der Waals surface area contributed by atoms with Gasteiger partial charge >= 0.3 is 0 Å². The summed E-state index contributed by atoms with van der Waals surface area (Å²) >= 11 is 0. The monoisotopic (exact) mass is 1170 g/mol. The number of ether oxygens (including phenoxy) is 1. The summed E-state index contributed by atoms with van der Waals surface area (Å²) in [6.07, 6.45) is 0. The molecule has 89 heavy (non-hydrogen) atoms. The molecular weight excluding hydrogens is 1100 g/mol. The lowest BCUT2D eigenvalue weighted by atomic mass is 9.68. The molecule has 7 aliphatic rings. The summed E-state index contributed by atoms with van der Waals surface area (Å²) in [7, 11) is -1.25. The molecule has 11 aromatic rings. The van der Waals surface area contributed by atoms with E-state index >= 15 is 0 Å². The van der Waals surface area contributed by atoms with E-state index in [-0.39, 0.29) is 0 Å². The average Bonchev–Trinajstić information content (AvgIpc) is 1.58. The van der Waals surface area contributed by atoms with Crippen molar-refractivity contribution in [1.29, 1.82) is 0 Å². The smallest absolute Gasteiger partial charge is 0.142 e. The van der Waals surface area contributed by atoms with Crippen molar-refractivity contribution < 1.29 is 4.74 Å². The summed E-state index contributed by atoms with van der Waals surface area (Å²) in [5.74, 6) is 2.10. The van der Waals surface area contributed by atoms with Gasteiger partial charge in [-0.25, -0.2) is 0 Å². The third-order valence-electron chi connectivity index (χ3n) is 21.5. The zero-order valence-corrected chi connectivity index (χ0v) is 54.0. The van der Waals surface area contributed by atoms with Crippen molar-refractivity contribution in [1.82, 2.24) is 0 Å². The van der Waals surface area contributed by atoms with E-state index in [1.54, 1.807) is 0 Å². The van der Waals surface area contributed by atoms with Crippen LogP contribution in [-0.4, -0.2) is 0 Å². The topological polar surface area (TPSA) is 22.2 Å². The number of anilines is 12. The Balaban J connectivity index is 0.961. The first kappa shape index (κ1) is 52.9. The molecule has 1 atom stereocenters. The van der Waals surface area contributed by atoms with Crippen LogP contribution in [0, 0.1) is 34.6 Å². The van der Waals surface area contributed by atoms with Crippen LogP contribution in [0.5, 0.6) is 11.5 Å². The van der Waals surface area contributed by atoms with Crippen LogP contribution >= 0.6 is 7.92 Å². The quantitative estimate of drug-likeness (QED) is 0.154. The molecular formula is C83H71N4OP. The molecule has 0 aromatic heterocycles. The minimum atomic E-state index is -1.25. The molecule has 0 amide bonds. The Morgan fingerprint density at radius 3 is 1.08 bits per heavy atom. The van der Waals surface area contributed by atoms with Crippen LogP contribution in [0.1, 0.15) is 128 Å². The normalized spacial score (nSPS) is 17.1. The van der Waals surface area contributed by atoms with Gasteiger partial charge in [-0.1, -0.05) is 175 Å². The van der Waals surface area contributed by atoms with Gasteiger partial charge in [0.2, 0.25) is 0 Å². The molecule has 6 heteroatoms. The summed E-state index contributed by atoms with van der Waals surface area (Å²) in [5.41, 5.74) is 35.0. The predicted molar refractivity (Wildman–Crippen MR) is 374 cm³/mol. The third kappa shape index (κ3) is 6.74. The molecule has 434 valence electrons. The van der Waals surface area contributed by atoms with Crippen LogP contribution in [0.3, 0.4) is 0 Å². The fraction of sp³-hybridized carbons (Fsp3) is 0.205. The molecule has 1 unspecified atom stereocenters. The number of para-hydroxylation sites is 2. The molecule has 5 heterocycles. The van der Waals surface area contributed by atoms with Gasteiger partial charge in [-0.15, -0.1) is 0 Å². The first-order valence-corrected chi connectivity index (χ1v) is 33.2. The molecule has 0 saturated heterocycles. The zero-order valence-electron chi connectivity index (χ0n) is 53.1. The van der Waals surface area contributed by atoms with Gasteiger partial charge in [-0.3, -0.25) is 0 Å². The minimum absolute atomic E-state index is 0.396.